The lowest BCUT2D eigenvalue weighted by Gasteiger charge is -2.22. The number of hydrogen-bond donors (Lipinski definition) is 1. The number of aromatic nitrogens is 3. The Morgan fingerprint density at radius 2 is 2.30 bits per heavy atom. The Morgan fingerprint density at radius 3 is 3.15 bits per heavy atom. The zero-order chi connectivity index (χ0) is 13.9. The zero-order valence-electron chi connectivity index (χ0n) is 11.7. The molecule has 2 aromatic rings. The summed E-state index contributed by atoms with van der Waals surface area (Å²) in [5.41, 5.74) is 2.06. The van der Waals surface area contributed by atoms with E-state index in [1.807, 2.05) is 12.4 Å². The van der Waals surface area contributed by atoms with Crippen LogP contribution < -0.4 is 5.32 Å². The van der Waals surface area contributed by atoms with Crippen LogP contribution in [0, 0.1) is 0 Å². The highest BCUT2D eigenvalue weighted by Crippen LogP contribution is 2.16. The topological polar surface area (TPSA) is 45.5 Å². The number of fused-ring (bicyclic) bond motifs is 1. The average Bonchev–Trinajstić information content (AvgIpc) is 3.06. The Morgan fingerprint density at radius 1 is 1.40 bits per heavy atom. The number of imidazole rings is 1. The normalized spacial score (nSPS) is 20.0. The summed E-state index contributed by atoms with van der Waals surface area (Å²) in [6.07, 6.45) is 8.30. The molecule has 1 aliphatic rings. The largest absolute Gasteiger partial charge is 0.310 e. The molecule has 0 aromatic carbocycles. The Bertz CT molecular complexity index is 582. The standard InChI is InChI=1S/C14H20BrN5/c1-2-19-5-3-4-11(19)6-16-7-12-8-18-14-9-17-13(15)10-20(12)14/h8-11,16H,2-7H2,1H3. The molecule has 0 amide bonds. The van der Waals surface area contributed by atoms with E-state index in [0.29, 0.717) is 6.04 Å². The van der Waals surface area contributed by atoms with Crippen molar-refractivity contribution in [1.29, 1.82) is 0 Å². The molecule has 1 N–H and O–H groups in total. The molecule has 0 aliphatic carbocycles. The first-order valence-corrected chi connectivity index (χ1v) is 7.99. The molecule has 20 heavy (non-hydrogen) atoms. The molecule has 0 radical (unpaired) electrons. The van der Waals surface area contributed by atoms with Crippen LogP contribution in [0.15, 0.2) is 23.2 Å². The van der Waals surface area contributed by atoms with Gasteiger partial charge >= 0.3 is 0 Å². The predicted molar refractivity (Wildman–Crippen MR) is 82.7 cm³/mol. The lowest BCUT2D eigenvalue weighted by molar-refractivity contribution is 0.259. The van der Waals surface area contributed by atoms with Gasteiger partial charge in [-0.25, -0.2) is 9.97 Å². The molecule has 3 rings (SSSR count). The molecule has 1 atom stereocenters. The molecule has 1 saturated heterocycles. The van der Waals surface area contributed by atoms with Crippen molar-refractivity contribution in [3.8, 4) is 0 Å². The van der Waals surface area contributed by atoms with Crippen molar-refractivity contribution in [3.05, 3.63) is 28.9 Å². The van der Waals surface area contributed by atoms with E-state index in [4.69, 9.17) is 0 Å². The maximum absolute atomic E-state index is 4.37. The highest BCUT2D eigenvalue weighted by molar-refractivity contribution is 9.10. The van der Waals surface area contributed by atoms with Crippen molar-refractivity contribution in [2.24, 2.45) is 0 Å². The van der Waals surface area contributed by atoms with Crippen molar-refractivity contribution in [3.63, 3.8) is 0 Å². The van der Waals surface area contributed by atoms with E-state index in [2.05, 4.69) is 47.4 Å². The van der Waals surface area contributed by atoms with Crippen LogP contribution in [0.3, 0.4) is 0 Å². The molecule has 108 valence electrons. The van der Waals surface area contributed by atoms with Gasteiger partial charge in [0.05, 0.1) is 18.1 Å². The third-order valence-corrected chi connectivity index (χ3v) is 4.44. The predicted octanol–water partition coefficient (Wildman–Crippen LogP) is 2.07. The summed E-state index contributed by atoms with van der Waals surface area (Å²) in [6.45, 7) is 6.53. The quantitative estimate of drug-likeness (QED) is 0.907. The van der Waals surface area contributed by atoms with Crippen molar-refractivity contribution in [2.75, 3.05) is 19.6 Å². The summed E-state index contributed by atoms with van der Waals surface area (Å²) < 4.78 is 2.91. The van der Waals surface area contributed by atoms with Crippen LogP contribution in [0.5, 0.6) is 0 Å². The number of likely N-dealkylation sites (N-methyl/N-ethyl adjacent to an activating group) is 1. The molecule has 0 spiro atoms. The first-order chi connectivity index (χ1) is 9.78. The fourth-order valence-corrected chi connectivity index (χ4v) is 3.26. The van der Waals surface area contributed by atoms with Gasteiger partial charge in [-0.3, -0.25) is 9.30 Å². The van der Waals surface area contributed by atoms with Crippen molar-refractivity contribution >= 4 is 21.6 Å². The maximum atomic E-state index is 4.37. The molecule has 1 unspecified atom stereocenters. The van der Waals surface area contributed by atoms with E-state index >= 15 is 0 Å². The SMILES string of the molecule is CCN1CCCC1CNCc1cnc2cnc(Br)cn12. The maximum Gasteiger partial charge on any atom is 0.155 e. The average molecular weight is 338 g/mol. The number of likely N-dealkylation sites (tertiary alicyclic amines) is 1. The molecule has 0 bridgehead atoms. The molecule has 1 fully saturated rings. The molecule has 1 aliphatic heterocycles. The van der Waals surface area contributed by atoms with E-state index in [1.54, 1.807) is 6.20 Å². The minimum Gasteiger partial charge on any atom is -0.310 e. The number of halogens is 1. The van der Waals surface area contributed by atoms with E-state index in [-0.39, 0.29) is 0 Å². The fraction of sp³-hybridized carbons (Fsp3) is 0.571. The van der Waals surface area contributed by atoms with Gasteiger partial charge in [0.1, 0.15) is 4.60 Å². The summed E-state index contributed by atoms with van der Waals surface area (Å²) in [7, 11) is 0. The molecule has 3 heterocycles. The van der Waals surface area contributed by atoms with Gasteiger partial charge in [0.2, 0.25) is 0 Å². The molecule has 2 aromatic heterocycles. The minimum atomic E-state index is 0.688. The second-order valence-corrected chi connectivity index (χ2v) is 6.06. The van der Waals surface area contributed by atoms with Gasteiger partial charge in [-0.05, 0) is 41.9 Å². The first kappa shape index (κ1) is 14.0. The lowest BCUT2D eigenvalue weighted by Crippen LogP contribution is -2.37. The van der Waals surface area contributed by atoms with Crippen LogP contribution >= 0.6 is 15.9 Å². The lowest BCUT2D eigenvalue weighted by atomic mass is 10.2. The number of rotatable bonds is 5. The Labute approximate surface area is 127 Å². The van der Waals surface area contributed by atoms with Crippen LogP contribution in [-0.2, 0) is 6.54 Å². The van der Waals surface area contributed by atoms with Gasteiger partial charge in [-0.1, -0.05) is 6.92 Å². The van der Waals surface area contributed by atoms with Crippen LogP contribution in [0.4, 0.5) is 0 Å². The monoisotopic (exact) mass is 337 g/mol. The van der Waals surface area contributed by atoms with Crippen molar-refractivity contribution in [2.45, 2.75) is 32.4 Å². The number of hydrogen-bond acceptors (Lipinski definition) is 4. The second kappa shape index (κ2) is 6.20. The van der Waals surface area contributed by atoms with Crippen LogP contribution in [0.2, 0.25) is 0 Å². The summed E-state index contributed by atoms with van der Waals surface area (Å²) in [4.78, 5) is 11.1. The van der Waals surface area contributed by atoms with E-state index in [9.17, 15) is 0 Å². The summed E-state index contributed by atoms with van der Waals surface area (Å²) in [5, 5.41) is 3.57. The van der Waals surface area contributed by atoms with E-state index < -0.39 is 0 Å². The van der Waals surface area contributed by atoms with Gasteiger partial charge in [-0.15, -0.1) is 0 Å². The zero-order valence-corrected chi connectivity index (χ0v) is 13.3. The third-order valence-electron chi connectivity index (χ3n) is 4.03. The van der Waals surface area contributed by atoms with Gasteiger partial charge < -0.3 is 5.32 Å². The Balaban J connectivity index is 1.61. The Hall–Kier alpha value is -0.980. The molecule has 5 nitrogen and oxygen atoms in total. The minimum absolute atomic E-state index is 0.688. The highest BCUT2D eigenvalue weighted by Gasteiger charge is 2.22. The van der Waals surface area contributed by atoms with Gasteiger partial charge in [0.25, 0.3) is 0 Å². The van der Waals surface area contributed by atoms with E-state index in [0.717, 1.165) is 29.9 Å². The summed E-state index contributed by atoms with van der Waals surface area (Å²) >= 11 is 3.40. The third kappa shape index (κ3) is 2.87. The van der Waals surface area contributed by atoms with Crippen LogP contribution in [-0.4, -0.2) is 44.9 Å². The fourth-order valence-electron chi connectivity index (χ4n) is 2.96. The van der Waals surface area contributed by atoms with Gasteiger partial charge in [0, 0.05) is 25.3 Å². The number of nitrogens with one attached hydrogen (secondary N) is 1. The smallest absolute Gasteiger partial charge is 0.155 e. The molecular weight excluding hydrogens is 318 g/mol. The van der Waals surface area contributed by atoms with Gasteiger partial charge in [-0.2, -0.15) is 0 Å². The van der Waals surface area contributed by atoms with Gasteiger partial charge in [0.15, 0.2) is 5.65 Å². The Kier molecular flexibility index (Phi) is 4.33. The van der Waals surface area contributed by atoms with Crippen molar-refractivity contribution in [1.82, 2.24) is 24.6 Å². The van der Waals surface area contributed by atoms with Crippen LogP contribution in [0.1, 0.15) is 25.5 Å². The highest BCUT2D eigenvalue weighted by atomic mass is 79.9. The number of nitrogens with zero attached hydrogens (tertiary/aromatic N) is 4. The van der Waals surface area contributed by atoms with Crippen LogP contribution in [0.25, 0.3) is 5.65 Å². The molecule has 0 saturated carbocycles. The first-order valence-electron chi connectivity index (χ1n) is 7.20. The van der Waals surface area contributed by atoms with E-state index in [1.165, 1.54) is 25.1 Å². The summed E-state index contributed by atoms with van der Waals surface area (Å²) in [5.74, 6) is 0. The second-order valence-electron chi connectivity index (χ2n) is 5.24. The summed E-state index contributed by atoms with van der Waals surface area (Å²) in [6, 6.07) is 0.688. The molecular formula is C14H20BrN5. The van der Waals surface area contributed by atoms with Crippen molar-refractivity contribution < 1.29 is 0 Å². The molecule has 6 heteroatoms.